The number of allylic oxidation sites excluding steroid dienone is 1. The number of carbonyl (C=O) groups excluding carboxylic acids is 1. The number of carbonyl (C=O) groups is 1. The molecule has 1 N–H and O–H groups in total. The number of nitrogens with one attached hydrogen (secondary N) is 1. The molecule has 0 radical (unpaired) electrons. The second-order valence-corrected chi connectivity index (χ2v) is 9.65. The zero-order valence-electron chi connectivity index (χ0n) is 18.6. The molecule has 0 saturated carbocycles. The lowest BCUT2D eigenvalue weighted by atomic mass is 9.87. The largest absolute Gasteiger partial charge is 0.463 e. The van der Waals surface area contributed by atoms with Gasteiger partial charge in [-0.3, -0.25) is 4.18 Å². The summed E-state index contributed by atoms with van der Waals surface area (Å²) in [6, 6.07) is 6.67. The fraction of sp³-hybridized carbons (Fsp3) is 0.609. The molecule has 1 aliphatic rings. The number of hydrogen-bond donors (Lipinski definition) is 1. The van der Waals surface area contributed by atoms with Gasteiger partial charge in [-0.15, -0.1) is 0 Å². The monoisotopic (exact) mass is 437 g/mol. The van der Waals surface area contributed by atoms with Crippen LogP contribution in [0, 0.1) is 12.8 Å². The van der Waals surface area contributed by atoms with E-state index >= 15 is 0 Å². The molecule has 0 saturated heterocycles. The van der Waals surface area contributed by atoms with Crippen molar-refractivity contribution in [3.63, 3.8) is 0 Å². The highest BCUT2D eigenvalue weighted by Gasteiger charge is 2.25. The first-order valence-corrected chi connectivity index (χ1v) is 12.3. The molecule has 1 aromatic rings. The highest BCUT2D eigenvalue weighted by Crippen LogP contribution is 2.29. The van der Waals surface area contributed by atoms with Gasteiger partial charge >= 0.3 is 5.97 Å². The average molecular weight is 438 g/mol. The Morgan fingerprint density at radius 1 is 1.20 bits per heavy atom. The van der Waals surface area contributed by atoms with E-state index in [0.29, 0.717) is 25.4 Å². The maximum absolute atomic E-state index is 12.4. The molecule has 0 unspecified atom stereocenters. The summed E-state index contributed by atoms with van der Waals surface area (Å²) in [4.78, 5) is 12.5. The van der Waals surface area contributed by atoms with Crippen molar-refractivity contribution in [1.29, 1.82) is 0 Å². The van der Waals surface area contributed by atoms with Crippen LogP contribution in [0.2, 0.25) is 0 Å². The summed E-state index contributed by atoms with van der Waals surface area (Å²) < 4.78 is 35.3. The lowest BCUT2D eigenvalue weighted by Crippen LogP contribution is -2.34. The molecule has 0 bridgehead atoms. The summed E-state index contributed by atoms with van der Waals surface area (Å²) in [5.41, 5.74) is 2.66. The van der Waals surface area contributed by atoms with E-state index in [-0.39, 0.29) is 23.5 Å². The third kappa shape index (κ3) is 7.13. The fourth-order valence-corrected chi connectivity index (χ4v) is 4.58. The van der Waals surface area contributed by atoms with Gasteiger partial charge in [0, 0.05) is 11.7 Å². The van der Waals surface area contributed by atoms with Crippen LogP contribution >= 0.6 is 0 Å². The van der Waals surface area contributed by atoms with E-state index in [1.807, 2.05) is 13.8 Å². The lowest BCUT2D eigenvalue weighted by Gasteiger charge is -2.29. The minimum atomic E-state index is -3.77. The molecule has 7 heteroatoms. The predicted octanol–water partition coefficient (Wildman–Crippen LogP) is 4.49. The van der Waals surface area contributed by atoms with Gasteiger partial charge in [0.1, 0.15) is 0 Å². The third-order valence-electron chi connectivity index (χ3n) is 5.36. The summed E-state index contributed by atoms with van der Waals surface area (Å²) in [5, 5.41) is 3.51. The van der Waals surface area contributed by atoms with Crippen LogP contribution in [0.5, 0.6) is 0 Å². The van der Waals surface area contributed by atoms with Crippen LogP contribution in [0.1, 0.15) is 64.9 Å². The molecular formula is C23H35NO5S. The van der Waals surface area contributed by atoms with Crippen LogP contribution < -0.4 is 5.32 Å². The standard InChI is InChI=1S/C23H35NO5S/c1-5-7-19(14-15-29-30(26,27)20-11-8-17(3)9-12-20)24-22-16-18(4)10-13-21(22)23(25)28-6-2/h8-9,11-12,18-19,24H,5-7,10,13-16H2,1-4H3/t18-,19-/m1/s1. The van der Waals surface area contributed by atoms with Gasteiger partial charge in [-0.1, -0.05) is 38.0 Å². The predicted molar refractivity (Wildman–Crippen MR) is 117 cm³/mol. The topological polar surface area (TPSA) is 81.7 Å². The fourth-order valence-electron chi connectivity index (χ4n) is 3.66. The van der Waals surface area contributed by atoms with E-state index < -0.39 is 10.1 Å². The molecular weight excluding hydrogens is 402 g/mol. The molecule has 2 rings (SSSR count). The van der Waals surface area contributed by atoms with Crippen LogP contribution in [0.3, 0.4) is 0 Å². The number of aryl methyl sites for hydroxylation is 1. The average Bonchev–Trinajstić information content (AvgIpc) is 2.68. The molecule has 0 heterocycles. The third-order valence-corrected chi connectivity index (χ3v) is 6.68. The van der Waals surface area contributed by atoms with E-state index in [1.54, 1.807) is 24.3 Å². The van der Waals surface area contributed by atoms with Crippen LogP contribution in [0.25, 0.3) is 0 Å². The molecule has 0 fully saturated rings. The zero-order valence-corrected chi connectivity index (χ0v) is 19.4. The molecule has 0 spiro atoms. The van der Waals surface area contributed by atoms with Crippen molar-refractivity contribution < 1.29 is 22.1 Å². The smallest absolute Gasteiger partial charge is 0.335 e. The van der Waals surface area contributed by atoms with Gasteiger partial charge in [-0.2, -0.15) is 8.42 Å². The molecule has 2 atom stereocenters. The first-order valence-electron chi connectivity index (χ1n) is 10.9. The highest BCUT2D eigenvalue weighted by molar-refractivity contribution is 7.86. The maximum atomic E-state index is 12.4. The Morgan fingerprint density at radius 2 is 1.90 bits per heavy atom. The highest BCUT2D eigenvalue weighted by atomic mass is 32.2. The molecule has 1 aliphatic carbocycles. The van der Waals surface area contributed by atoms with Crippen molar-refractivity contribution in [2.75, 3.05) is 13.2 Å². The lowest BCUT2D eigenvalue weighted by molar-refractivity contribution is -0.138. The summed E-state index contributed by atoms with van der Waals surface area (Å²) in [7, 11) is -3.77. The van der Waals surface area contributed by atoms with Gasteiger partial charge in [0.25, 0.3) is 10.1 Å². The number of rotatable bonds is 11. The second-order valence-electron chi connectivity index (χ2n) is 8.03. The number of benzene rings is 1. The molecule has 0 aliphatic heterocycles. The minimum Gasteiger partial charge on any atom is -0.463 e. The van der Waals surface area contributed by atoms with Crippen molar-refractivity contribution in [2.45, 2.75) is 77.2 Å². The molecule has 6 nitrogen and oxygen atoms in total. The summed E-state index contributed by atoms with van der Waals surface area (Å²) in [5.74, 6) is 0.242. The van der Waals surface area contributed by atoms with Crippen molar-refractivity contribution in [2.24, 2.45) is 5.92 Å². The molecule has 30 heavy (non-hydrogen) atoms. The Labute approximate surface area is 181 Å². The van der Waals surface area contributed by atoms with Crippen molar-refractivity contribution in [1.82, 2.24) is 5.32 Å². The quantitative estimate of drug-likeness (QED) is 0.406. The van der Waals surface area contributed by atoms with E-state index in [2.05, 4.69) is 19.2 Å². The first-order chi connectivity index (χ1) is 14.3. The van der Waals surface area contributed by atoms with E-state index in [9.17, 15) is 13.2 Å². The Balaban J connectivity index is 2.04. The summed E-state index contributed by atoms with van der Waals surface area (Å²) in [6.07, 6.45) is 4.82. The van der Waals surface area contributed by atoms with Crippen molar-refractivity contribution >= 4 is 16.1 Å². The van der Waals surface area contributed by atoms with Crippen molar-refractivity contribution in [3.8, 4) is 0 Å². The Bertz CT molecular complexity index is 830. The van der Waals surface area contributed by atoms with E-state index in [4.69, 9.17) is 8.92 Å². The van der Waals surface area contributed by atoms with Crippen molar-refractivity contribution in [3.05, 3.63) is 41.1 Å². The normalized spacial score (nSPS) is 18.2. The summed E-state index contributed by atoms with van der Waals surface area (Å²) >= 11 is 0. The summed E-state index contributed by atoms with van der Waals surface area (Å²) in [6.45, 7) is 8.42. The number of esters is 1. The zero-order chi connectivity index (χ0) is 22.1. The van der Waals surface area contributed by atoms with E-state index in [0.717, 1.165) is 42.5 Å². The molecule has 168 valence electrons. The van der Waals surface area contributed by atoms with Crippen LogP contribution in [0.15, 0.2) is 40.4 Å². The molecule has 0 aromatic heterocycles. The Hall–Kier alpha value is -1.86. The number of ether oxygens (including phenoxy) is 1. The second kappa shape index (κ2) is 11.5. The SMILES string of the molecule is CCC[C@H](CCOS(=O)(=O)c1ccc(C)cc1)NC1=C(C(=O)OCC)CC[C@@H](C)C1. The van der Waals surface area contributed by atoms with Gasteiger partial charge in [0.05, 0.1) is 23.7 Å². The van der Waals surface area contributed by atoms with E-state index in [1.165, 1.54) is 0 Å². The Morgan fingerprint density at radius 3 is 2.53 bits per heavy atom. The Kier molecular flexibility index (Phi) is 9.37. The van der Waals surface area contributed by atoms with Gasteiger partial charge in [0.15, 0.2) is 0 Å². The molecule has 0 amide bonds. The maximum Gasteiger partial charge on any atom is 0.335 e. The van der Waals surface area contributed by atoms with Gasteiger partial charge < -0.3 is 10.1 Å². The number of hydrogen-bond acceptors (Lipinski definition) is 6. The first kappa shape index (κ1) is 24.4. The van der Waals surface area contributed by atoms with Gasteiger partial charge in [-0.25, -0.2) is 4.79 Å². The van der Waals surface area contributed by atoms with Crippen LogP contribution in [0.4, 0.5) is 0 Å². The van der Waals surface area contributed by atoms with Gasteiger partial charge in [-0.05, 0) is 64.0 Å². The van der Waals surface area contributed by atoms with Gasteiger partial charge in [0.2, 0.25) is 0 Å². The van der Waals surface area contributed by atoms with Crippen LogP contribution in [-0.2, 0) is 23.8 Å². The van der Waals surface area contributed by atoms with Crippen LogP contribution in [-0.4, -0.2) is 33.6 Å². The molecule has 1 aromatic carbocycles. The minimum absolute atomic E-state index is 0.0351.